The lowest BCUT2D eigenvalue weighted by Gasteiger charge is -2.35. The number of hydrogen-bond donors (Lipinski definition) is 1. The van der Waals surface area contributed by atoms with Gasteiger partial charge in [0.1, 0.15) is 0 Å². The van der Waals surface area contributed by atoms with E-state index in [-0.39, 0.29) is 0 Å². The van der Waals surface area contributed by atoms with Crippen LogP contribution >= 0.6 is 11.3 Å². The molecule has 1 aromatic heterocycles. The third kappa shape index (κ3) is 2.31. The van der Waals surface area contributed by atoms with Crippen molar-refractivity contribution < 1.29 is 0 Å². The van der Waals surface area contributed by atoms with Crippen LogP contribution in [0.5, 0.6) is 0 Å². The Morgan fingerprint density at radius 2 is 2.38 bits per heavy atom. The van der Waals surface area contributed by atoms with Crippen LogP contribution in [0.1, 0.15) is 31.2 Å². The molecule has 1 N–H and O–H groups in total. The van der Waals surface area contributed by atoms with Gasteiger partial charge in [-0.2, -0.15) is 11.3 Å². The molecule has 3 rings (SSSR count). The Kier molecular flexibility index (Phi) is 3.27. The van der Waals surface area contributed by atoms with Crippen LogP contribution in [0, 0.1) is 0 Å². The van der Waals surface area contributed by atoms with E-state index < -0.39 is 0 Å². The summed E-state index contributed by atoms with van der Waals surface area (Å²) in [5.74, 6) is 0. The largest absolute Gasteiger partial charge is 0.310 e. The maximum Gasteiger partial charge on any atom is 0.0216 e. The van der Waals surface area contributed by atoms with Gasteiger partial charge in [0.25, 0.3) is 0 Å². The number of piperidine rings is 1. The van der Waals surface area contributed by atoms with Crippen LogP contribution in [0.3, 0.4) is 0 Å². The first-order chi connectivity index (χ1) is 7.92. The second kappa shape index (κ2) is 4.86. The van der Waals surface area contributed by atoms with Crippen molar-refractivity contribution >= 4 is 11.3 Å². The van der Waals surface area contributed by atoms with Gasteiger partial charge in [-0.1, -0.05) is 0 Å². The summed E-state index contributed by atoms with van der Waals surface area (Å²) in [6.07, 6.45) is 5.54. The zero-order valence-corrected chi connectivity index (χ0v) is 10.5. The normalized spacial score (nSPS) is 30.5. The minimum atomic E-state index is 0.749. The zero-order valence-electron chi connectivity index (χ0n) is 9.69. The van der Waals surface area contributed by atoms with E-state index in [0.717, 1.165) is 18.6 Å². The molecular weight excluding hydrogens is 216 g/mol. The van der Waals surface area contributed by atoms with Gasteiger partial charge in [-0.15, -0.1) is 0 Å². The van der Waals surface area contributed by atoms with E-state index in [1.54, 1.807) is 11.3 Å². The van der Waals surface area contributed by atoms with E-state index in [2.05, 4.69) is 27.0 Å². The predicted octanol–water partition coefficient (Wildman–Crippen LogP) is 2.46. The van der Waals surface area contributed by atoms with Crippen LogP contribution in [-0.4, -0.2) is 30.1 Å². The molecule has 0 aliphatic carbocycles. The first kappa shape index (κ1) is 10.8. The lowest BCUT2D eigenvalue weighted by Crippen LogP contribution is -2.45. The summed E-state index contributed by atoms with van der Waals surface area (Å²) in [6.45, 7) is 3.72. The molecule has 88 valence electrons. The molecule has 0 aromatic carbocycles. The molecule has 2 fully saturated rings. The standard InChI is InChI=1S/C13H20N2S/c1-2-13-8-12(3-6-15(13)5-1)14-9-11-4-7-16-10-11/h4,7,10,12-14H,1-3,5-6,8-9H2. The van der Waals surface area contributed by atoms with Crippen molar-refractivity contribution in [3.05, 3.63) is 22.4 Å². The molecule has 0 spiro atoms. The maximum atomic E-state index is 3.72. The van der Waals surface area contributed by atoms with Crippen LogP contribution in [0.2, 0.25) is 0 Å². The van der Waals surface area contributed by atoms with Gasteiger partial charge in [0.15, 0.2) is 0 Å². The first-order valence-electron chi connectivity index (χ1n) is 6.40. The number of hydrogen-bond acceptors (Lipinski definition) is 3. The molecule has 0 saturated carbocycles. The van der Waals surface area contributed by atoms with Crippen molar-refractivity contribution in [3.63, 3.8) is 0 Å². The fourth-order valence-corrected chi connectivity index (χ4v) is 3.73. The number of nitrogens with one attached hydrogen (secondary N) is 1. The number of thiophene rings is 1. The second-order valence-corrected chi connectivity index (χ2v) is 5.85. The highest BCUT2D eigenvalue weighted by atomic mass is 32.1. The molecule has 2 nitrogen and oxygen atoms in total. The zero-order chi connectivity index (χ0) is 10.8. The number of nitrogens with zero attached hydrogens (tertiary/aromatic N) is 1. The maximum absolute atomic E-state index is 3.72. The summed E-state index contributed by atoms with van der Waals surface area (Å²) < 4.78 is 0. The van der Waals surface area contributed by atoms with Gasteiger partial charge >= 0.3 is 0 Å². The smallest absolute Gasteiger partial charge is 0.0216 e. The molecule has 3 heteroatoms. The molecule has 2 atom stereocenters. The lowest BCUT2D eigenvalue weighted by atomic mass is 9.97. The summed E-state index contributed by atoms with van der Waals surface area (Å²) in [4.78, 5) is 2.68. The highest BCUT2D eigenvalue weighted by Crippen LogP contribution is 2.26. The van der Waals surface area contributed by atoms with E-state index in [0.29, 0.717) is 0 Å². The van der Waals surface area contributed by atoms with Gasteiger partial charge in [-0.3, -0.25) is 0 Å². The van der Waals surface area contributed by atoms with Gasteiger partial charge in [-0.25, -0.2) is 0 Å². The van der Waals surface area contributed by atoms with Crippen molar-refractivity contribution in [2.75, 3.05) is 13.1 Å². The quantitative estimate of drug-likeness (QED) is 0.867. The monoisotopic (exact) mass is 236 g/mol. The Balaban J connectivity index is 1.49. The molecule has 2 saturated heterocycles. The van der Waals surface area contributed by atoms with E-state index in [1.165, 1.54) is 44.3 Å². The average molecular weight is 236 g/mol. The molecule has 0 bridgehead atoms. The van der Waals surface area contributed by atoms with Crippen molar-refractivity contribution in [1.29, 1.82) is 0 Å². The van der Waals surface area contributed by atoms with Crippen molar-refractivity contribution in [1.82, 2.24) is 10.2 Å². The summed E-state index contributed by atoms with van der Waals surface area (Å²) in [5.41, 5.74) is 1.44. The van der Waals surface area contributed by atoms with Crippen LogP contribution in [-0.2, 0) is 6.54 Å². The SMILES string of the molecule is c1cc(CNC2CCN3CCCC3C2)cs1. The predicted molar refractivity (Wildman–Crippen MR) is 68.8 cm³/mol. The van der Waals surface area contributed by atoms with Crippen LogP contribution in [0.15, 0.2) is 16.8 Å². The number of rotatable bonds is 3. The summed E-state index contributed by atoms with van der Waals surface area (Å²) in [7, 11) is 0. The van der Waals surface area contributed by atoms with Gasteiger partial charge in [0.2, 0.25) is 0 Å². The molecule has 2 unspecified atom stereocenters. The van der Waals surface area contributed by atoms with Gasteiger partial charge in [0, 0.05) is 18.6 Å². The third-order valence-corrected chi connectivity index (χ3v) is 4.73. The van der Waals surface area contributed by atoms with E-state index >= 15 is 0 Å². The topological polar surface area (TPSA) is 15.3 Å². The van der Waals surface area contributed by atoms with Crippen molar-refractivity contribution in [2.24, 2.45) is 0 Å². The second-order valence-electron chi connectivity index (χ2n) is 5.07. The molecule has 2 aliphatic heterocycles. The molecule has 3 heterocycles. The fraction of sp³-hybridized carbons (Fsp3) is 0.692. The van der Waals surface area contributed by atoms with Crippen LogP contribution < -0.4 is 5.32 Å². The van der Waals surface area contributed by atoms with Crippen LogP contribution in [0.4, 0.5) is 0 Å². The molecule has 0 amide bonds. The molecule has 1 aromatic rings. The summed E-state index contributed by atoms with van der Waals surface area (Å²) in [5, 5.41) is 8.13. The van der Waals surface area contributed by atoms with Crippen molar-refractivity contribution in [2.45, 2.75) is 44.3 Å². The van der Waals surface area contributed by atoms with E-state index in [9.17, 15) is 0 Å². The summed E-state index contributed by atoms with van der Waals surface area (Å²) in [6, 6.07) is 3.86. The van der Waals surface area contributed by atoms with Crippen LogP contribution in [0.25, 0.3) is 0 Å². The minimum absolute atomic E-state index is 0.749. The Bertz CT molecular complexity index is 323. The molecule has 0 radical (unpaired) electrons. The van der Waals surface area contributed by atoms with Gasteiger partial charge in [0.05, 0.1) is 0 Å². The van der Waals surface area contributed by atoms with E-state index in [1.807, 2.05) is 0 Å². The van der Waals surface area contributed by atoms with Gasteiger partial charge in [-0.05, 0) is 61.2 Å². The molecule has 16 heavy (non-hydrogen) atoms. The average Bonchev–Trinajstić information content (AvgIpc) is 2.97. The molecular formula is C13H20N2S. The Morgan fingerprint density at radius 3 is 3.25 bits per heavy atom. The third-order valence-electron chi connectivity index (χ3n) is 4.00. The Morgan fingerprint density at radius 1 is 1.38 bits per heavy atom. The first-order valence-corrected chi connectivity index (χ1v) is 7.34. The highest BCUT2D eigenvalue weighted by molar-refractivity contribution is 7.07. The van der Waals surface area contributed by atoms with Crippen molar-refractivity contribution in [3.8, 4) is 0 Å². The Hall–Kier alpha value is -0.380. The lowest BCUT2D eigenvalue weighted by molar-refractivity contribution is 0.166. The number of fused-ring (bicyclic) bond motifs is 1. The highest BCUT2D eigenvalue weighted by Gasteiger charge is 2.31. The van der Waals surface area contributed by atoms with E-state index in [4.69, 9.17) is 0 Å². The summed E-state index contributed by atoms with van der Waals surface area (Å²) >= 11 is 1.79. The minimum Gasteiger partial charge on any atom is -0.310 e. The fourth-order valence-electron chi connectivity index (χ4n) is 3.07. The Labute approximate surface area is 102 Å². The van der Waals surface area contributed by atoms with Gasteiger partial charge < -0.3 is 10.2 Å². The molecule has 2 aliphatic rings.